The Bertz CT molecular complexity index is 296. The van der Waals surface area contributed by atoms with E-state index in [0.717, 1.165) is 24.6 Å². The van der Waals surface area contributed by atoms with E-state index >= 15 is 0 Å². The predicted octanol–water partition coefficient (Wildman–Crippen LogP) is 0.196. The van der Waals surface area contributed by atoms with Crippen LogP contribution in [0, 0.1) is 6.92 Å². The summed E-state index contributed by atoms with van der Waals surface area (Å²) in [7, 11) is 0. The zero-order chi connectivity index (χ0) is 9.47. The molecule has 4 heteroatoms. The molecule has 0 aliphatic carbocycles. The van der Waals surface area contributed by atoms with E-state index in [0.29, 0.717) is 0 Å². The van der Waals surface area contributed by atoms with Crippen LogP contribution in [-0.4, -0.2) is 28.6 Å². The highest BCUT2D eigenvalue weighted by molar-refractivity contribution is 5.37. The Morgan fingerprint density at radius 2 is 2.00 bits per heavy atom. The molecule has 0 atom stereocenters. The maximum Gasteiger partial charge on any atom is 0.225 e. The van der Waals surface area contributed by atoms with E-state index in [9.17, 15) is 0 Å². The molecule has 69 valence electrons. The van der Waals surface area contributed by atoms with Crippen LogP contribution in [0.4, 0.5) is 5.95 Å². The first-order chi connectivity index (χ1) is 6.07. The summed E-state index contributed by atoms with van der Waals surface area (Å²) in [6.45, 7) is 7.40. The molecule has 1 aromatic heterocycles. The van der Waals surface area contributed by atoms with Crippen molar-refractivity contribution in [2.45, 2.75) is 12.5 Å². The van der Waals surface area contributed by atoms with Crippen LogP contribution in [0.5, 0.6) is 0 Å². The second kappa shape index (κ2) is 2.67. The Kier molecular flexibility index (Phi) is 1.73. The van der Waals surface area contributed by atoms with Crippen molar-refractivity contribution in [1.82, 2.24) is 9.97 Å². The average molecular weight is 177 g/mol. The van der Waals surface area contributed by atoms with Crippen molar-refractivity contribution in [3.05, 3.63) is 24.9 Å². The SMILES string of the molecule is [CH2]c1cnc(N2CC(C)(N)C2)nc1. The zero-order valence-corrected chi connectivity index (χ0v) is 7.70. The van der Waals surface area contributed by atoms with Gasteiger partial charge in [-0.25, -0.2) is 9.97 Å². The first-order valence-electron chi connectivity index (χ1n) is 4.25. The summed E-state index contributed by atoms with van der Waals surface area (Å²) < 4.78 is 0. The number of aromatic nitrogens is 2. The van der Waals surface area contributed by atoms with Crippen LogP contribution in [0.25, 0.3) is 0 Å². The number of anilines is 1. The van der Waals surface area contributed by atoms with Crippen molar-refractivity contribution in [3.8, 4) is 0 Å². The number of hydrogen-bond acceptors (Lipinski definition) is 4. The van der Waals surface area contributed by atoms with Crippen molar-refractivity contribution < 1.29 is 0 Å². The lowest BCUT2D eigenvalue weighted by molar-refractivity contribution is 0.360. The lowest BCUT2D eigenvalue weighted by Crippen LogP contribution is -2.66. The molecule has 0 unspecified atom stereocenters. The summed E-state index contributed by atoms with van der Waals surface area (Å²) in [6, 6.07) is 0. The lowest BCUT2D eigenvalue weighted by atomic mass is 9.94. The second-order valence-corrected chi connectivity index (χ2v) is 3.90. The number of nitrogens with zero attached hydrogens (tertiary/aromatic N) is 3. The van der Waals surface area contributed by atoms with E-state index in [2.05, 4.69) is 21.8 Å². The molecular formula is C9H13N4. The molecule has 1 aliphatic heterocycles. The van der Waals surface area contributed by atoms with Crippen LogP contribution in [0.2, 0.25) is 0 Å². The quantitative estimate of drug-likeness (QED) is 0.665. The molecule has 1 fully saturated rings. The molecule has 1 aromatic rings. The minimum atomic E-state index is -0.0769. The van der Waals surface area contributed by atoms with Crippen molar-refractivity contribution in [2.24, 2.45) is 5.73 Å². The highest BCUT2D eigenvalue weighted by Crippen LogP contribution is 2.21. The minimum Gasteiger partial charge on any atom is -0.337 e. The van der Waals surface area contributed by atoms with Crippen molar-refractivity contribution in [2.75, 3.05) is 18.0 Å². The first kappa shape index (κ1) is 8.44. The van der Waals surface area contributed by atoms with E-state index in [1.165, 1.54) is 0 Å². The molecule has 2 rings (SSSR count). The van der Waals surface area contributed by atoms with Gasteiger partial charge in [0.05, 0.1) is 0 Å². The van der Waals surface area contributed by atoms with Gasteiger partial charge in [-0.2, -0.15) is 0 Å². The van der Waals surface area contributed by atoms with Crippen LogP contribution in [0.15, 0.2) is 12.4 Å². The summed E-state index contributed by atoms with van der Waals surface area (Å²) >= 11 is 0. The number of rotatable bonds is 1. The fraction of sp³-hybridized carbons (Fsp3) is 0.444. The fourth-order valence-corrected chi connectivity index (χ4v) is 1.48. The summed E-state index contributed by atoms with van der Waals surface area (Å²) in [5.41, 5.74) is 6.63. The Labute approximate surface area is 77.8 Å². The van der Waals surface area contributed by atoms with Crippen molar-refractivity contribution in [3.63, 3.8) is 0 Å². The van der Waals surface area contributed by atoms with Gasteiger partial charge in [0.2, 0.25) is 5.95 Å². The molecule has 2 heterocycles. The third kappa shape index (κ3) is 1.62. The van der Waals surface area contributed by atoms with Gasteiger partial charge >= 0.3 is 0 Å². The highest BCUT2D eigenvalue weighted by atomic mass is 15.3. The molecule has 1 aliphatic rings. The molecular weight excluding hydrogens is 164 g/mol. The maximum absolute atomic E-state index is 5.87. The highest BCUT2D eigenvalue weighted by Gasteiger charge is 2.36. The molecule has 4 nitrogen and oxygen atoms in total. The van der Waals surface area contributed by atoms with Crippen LogP contribution >= 0.6 is 0 Å². The first-order valence-corrected chi connectivity index (χ1v) is 4.25. The Morgan fingerprint density at radius 3 is 2.46 bits per heavy atom. The Balaban J connectivity index is 2.08. The van der Waals surface area contributed by atoms with Gasteiger partial charge in [0.15, 0.2) is 0 Å². The lowest BCUT2D eigenvalue weighted by Gasteiger charge is -2.45. The van der Waals surface area contributed by atoms with Crippen LogP contribution in [0.1, 0.15) is 12.5 Å². The van der Waals surface area contributed by atoms with Crippen molar-refractivity contribution >= 4 is 5.95 Å². The van der Waals surface area contributed by atoms with Crippen LogP contribution in [0.3, 0.4) is 0 Å². The van der Waals surface area contributed by atoms with E-state index in [1.807, 2.05) is 6.92 Å². The zero-order valence-electron chi connectivity index (χ0n) is 7.70. The second-order valence-electron chi connectivity index (χ2n) is 3.90. The molecule has 1 saturated heterocycles. The van der Waals surface area contributed by atoms with Gasteiger partial charge in [0, 0.05) is 31.0 Å². The normalized spacial score (nSPS) is 19.8. The summed E-state index contributed by atoms with van der Waals surface area (Å²) in [5, 5.41) is 0. The monoisotopic (exact) mass is 177 g/mol. The maximum atomic E-state index is 5.87. The van der Waals surface area contributed by atoms with Gasteiger partial charge < -0.3 is 10.6 Å². The van der Waals surface area contributed by atoms with Gasteiger partial charge in [-0.15, -0.1) is 0 Å². The smallest absolute Gasteiger partial charge is 0.225 e. The van der Waals surface area contributed by atoms with Gasteiger partial charge in [-0.3, -0.25) is 0 Å². The fourth-order valence-electron chi connectivity index (χ4n) is 1.48. The van der Waals surface area contributed by atoms with Gasteiger partial charge in [0.25, 0.3) is 0 Å². The van der Waals surface area contributed by atoms with Crippen LogP contribution in [-0.2, 0) is 0 Å². The Morgan fingerprint density at radius 1 is 1.46 bits per heavy atom. The van der Waals surface area contributed by atoms with E-state index in [-0.39, 0.29) is 5.54 Å². The third-order valence-electron chi connectivity index (χ3n) is 2.08. The van der Waals surface area contributed by atoms with E-state index in [1.54, 1.807) is 12.4 Å². The van der Waals surface area contributed by atoms with Gasteiger partial charge in [-0.1, -0.05) is 0 Å². The summed E-state index contributed by atoms with van der Waals surface area (Å²) in [5.74, 6) is 0.746. The molecule has 0 amide bonds. The van der Waals surface area contributed by atoms with Gasteiger partial charge in [-0.05, 0) is 19.4 Å². The molecule has 0 saturated carbocycles. The number of nitrogens with two attached hydrogens (primary N) is 1. The molecule has 1 radical (unpaired) electrons. The molecule has 13 heavy (non-hydrogen) atoms. The van der Waals surface area contributed by atoms with Gasteiger partial charge in [0.1, 0.15) is 0 Å². The molecule has 0 aromatic carbocycles. The largest absolute Gasteiger partial charge is 0.337 e. The average Bonchev–Trinajstić information content (AvgIpc) is 2.01. The predicted molar refractivity (Wildman–Crippen MR) is 51.3 cm³/mol. The molecule has 0 spiro atoms. The standard InChI is InChI=1S/C9H13N4/c1-7-3-11-8(12-4-7)13-5-9(2,10)6-13/h3-4H,1,5-6,10H2,2H3. The molecule has 0 bridgehead atoms. The number of hydrogen-bond donors (Lipinski definition) is 1. The topological polar surface area (TPSA) is 55.0 Å². The van der Waals surface area contributed by atoms with E-state index < -0.39 is 0 Å². The summed E-state index contributed by atoms with van der Waals surface area (Å²) in [4.78, 5) is 10.4. The van der Waals surface area contributed by atoms with Crippen molar-refractivity contribution in [1.29, 1.82) is 0 Å². The minimum absolute atomic E-state index is 0.0769. The molecule has 2 N–H and O–H groups in total. The third-order valence-corrected chi connectivity index (χ3v) is 2.08. The Hall–Kier alpha value is -1.16. The van der Waals surface area contributed by atoms with Crippen LogP contribution < -0.4 is 10.6 Å². The summed E-state index contributed by atoms with van der Waals surface area (Å²) in [6.07, 6.45) is 3.43. The van der Waals surface area contributed by atoms with E-state index in [4.69, 9.17) is 5.73 Å².